The van der Waals surface area contributed by atoms with Crippen molar-refractivity contribution in [1.29, 1.82) is 0 Å². The molecule has 2 heterocycles. The molecule has 5 nitrogen and oxygen atoms in total. The van der Waals surface area contributed by atoms with Gasteiger partial charge in [0.25, 0.3) is 0 Å². The molecule has 0 bridgehead atoms. The first kappa shape index (κ1) is 18.1. The molecule has 26 heavy (non-hydrogen) atoms. The molecular formula is C20H20N4OS. The van der Waals surface area contributed by atoms with Gasteiger partial charge in [0.15, 0.2) is 0 Å². The zero-order chi connectivity index (χ0) is 18.5. The van der Waals surface area contributed by atoms with Crippen LogP contribution in [0.15, 0.2) is 53.8 Å². The summed E-state index contributed by atoms with van der Waals surface area (Å²) in [6, 6.07) is 11.7. The van der Waals surface area contributed by atoms with Crippen LogP contribution >= 0.6 is 11.8 Å². The van der Waals surface area contributed by atoms with Gasteiger partial charge in [0.1, 0.15) is 5.03 Å². The molecule has 2 aromatic heterocycles. The molecule has 1 N–H and O–H groups in total. The third kappa shape index (κ3) is 4.46. The van der Waals surface area contributed by atoms with Gasteiger partial charge in [0.2, 0.25) is 5.91 Å². The fourth-order valence-corrected chi connectivity index (χ4v) is 3.38. The average Bonchev–Trinajstić information content (AvgIpc) is 2.64. The molecule has 0 spiro atoms. The Morgan fingerprint density at radius 3 is 2.31 bits per heavy atom. The van der Waals surface area contributed by atoms with Crippen molar-refractivity contribution in [3.05, 3.63) is 65.5 Å². The monoisotopic (exact) mass is 364 g/mol. The van der Waals surface area contributed by atoms with Gasteiger partial charge in [-0.15, -0.1) is 10.2 Å². The van der Waals surface area contributed by atoms with Crippen LogP contribution in [0.4, 0.5) is 5.69 Å². The summed E-state index contributed by atoms with van der Waals surface area (Å²) in [6.07, 6.45) is 3.44. The van der Waals surface area contributed by atoms with E-state index in [9.17, 15) is 4.79 Å². The number of nitrogens with zero attached hydrogens (tertiary/aromatic N) is 3. The van der Waals surface area contributed by atoms with Crippen LogP contribution in [0.25, 0.3) is 11.3 Å². The van der Waals surface area contributed by atoms with Gasteiger partial charge >= 0.3 is 0 Å². The van der Waals surface area contributed by atoms with E-state index >= 15 is 0 Å². The van der Waals surface area contributed by atoms with E-state index in [1.807, 2.05) is 38.1 Å². The molecule has 1 aromatic carbocycles. The van der Waals surface area contributed by atoms with Gasteiger partial charge < -0.3 is 5.32 Å². The largest absolute Gasteiger partial charge is 0.325 e. The van der Waals surface area contributed by atoms with Crippen molar-refractivity contribution in [2.75, 3.05) is 11.1 Å². The summed E-state index contributed by atoms with van der Waals surface area (Å²) in [4.78, 5) is 16.3. The first-order valence-corrected chi connectivity index (χ1v) is 9.26. The molecule has 3 aromatic rings. The highest BCUT2D eigenvalue weighted by molar-refractivity contribution is 7.99. The molecule has 0 fully saturated rings. The van der Waals surface area contributed by atoms with Crippen molar-refractivity contribution in [2.24, 2.45) is 0 Å². The highest BCUT2D eigenvalue weighted by Gasteiger charge is 2.10. The van der Waals surface area contributed by atoms with Gasteiger partial charge in [0.05, 0.1) is 11.4 Å². The van der Waals surface area contributed by atoms with E-state index in [0.717, 1.165) is 33.1 Å². The Morgan fingerprint density at radius 1 is 1.00 bits per heavy atom. The first-order chi connectivity index (χ1) is 12.5. The fourth-order valence-electron chi connectivity index (χ4n) is 2.77. The smallest absolute Gasteiger partial charge is 0.234 e. The maximum atomic E-state index is 12.3. The van der Waals surface area contributed by atoms with E-state index in [0.29, 0.717) is 0 Å². The predicted octanol–water partition coefficient (Wildman–Crippen LogP) is 4.19. The molecule has 0 radical (unpaired) electrons. The first-order valence-electron chi connectivity index (χ1n) is 8.27. The number of hydrogen-bond donors (Lipinski definition) is 1. The van der Waals surface area contributed by atoms with Crippen LogP contribution in [0.5, 0.6) is 0 Å². The van der Waals surface area contributed by atoms with E-state index in [2.05, 4.69) is 39.6 Å². The Bertz CT molecular complexity index is 888. The van der Waals surface area contributed by atoms with Gasteiger partial charge in [-0.1, -0.05) is 29.5 Å². The number of aromatic nitrogens is 3. The highest BCUT2D eigenvalue weighted by atomic mass is 32.2. The second-order valence-electron chi connectivity index (χ2n) is 6.10. The molecule has 0 unspecified atom stereocenters. The summed E-state index contributed by atoms with van der Waals surface area (Å²) in [6.45, 7) is 6.06. The van der Waals surface area contributed by atoms with Gasteiger partial charge in [-0.05, 0) is 56.2 Å². The van der Waals surface area contributed by atoms with Crippen molar-refractivity contribution < 1.29 is 4.79 Å². The van der Waals surface area contributed by atoms with Crippen LogP contribution in [0.1, 0.15) is 16.7 Å². The third-order valence-corrected chi connectivity index (χ3v) is 4.83. The summed E-state index contributed by atoms with van der Waals surface area (Å²) >= 11 is 1.37. The Balaban J connectivity index is 1.60. The van der Waals surface area contributed by atoms with Gasteiger partial charge in [0, 0.05) is 23.6 Å². The quantitative estimate of drug-likeness (QED) is 0.688. The number of rotatable bonds is 5. The van der Waals surface area contributed by atoms with Crippen molar-refractivity contribution in [1.82, 2.24) is 15.2 Å². The lowest BCUT2D eigenvalue weighted by molar-refractivity contribution is -0.113. The zero-order valence-corrected chi connectivity index (χ0v) is 15.8. The van der Waals surface area contributed by atoms with E-state index in [-0.39, 0.29) is 11.7 Å². The minimum atomic E-state index is -0.0509. The lowest BCUT2D eigenvalue weighted by Gasteiger charge is -2.12. The molecule has 6 heteroatoms. The van der Waals surface area contributed by atoms with E-state index in [1.54, 1.807) is 12.4 Å². The minimum absolute atomic E-state index is 0.0509. The molecule has 0 atom stereocenters. The summed E-state index contributed by atoms with van der Waals surface area (Å²) in [5, 5.41) is 12.1. The SMILES string of the molecule is Cc1cc(C)c(NC(=O)CSc2ccc(-c3ccncc3)nn2)c(C)c1. The number of pyridine rings is 1. The summed E-state index contributed by atoms with van der Waals surface area (Å²) in [5.74, 6) is 0.237. The number of carbonyl (C=O) groups excluding carboxylic acids is 1. The topological polar surface area (TPSA) is 67.8 Å². The second-order valence-corrected chi connectivity index (χ2v) is 7.10. The molecule has 0 aliphatic rings. The van der Waals surface area contributed by atoms with Crippen LogP contribution < -0.4 is 5.32 Å². The van der Waals surface area contributed by atoms with Crippen LogP contribution in [0.3, 0.4) is 0 Å². The lowest BCUT2D eigenvalue weighted by atomic mass is 10.1. The molecule has 132 valence electrons. The van der Waals surface area contributed by atoms with Crippen molar-refractivity contribution in [2.45, 2.75) is 25.8 Å². The number of aryl methyl sites for hydroxylation is 3. The van der Waals surface area contributed by atoms with Gasteiger partial charge in [-0.25, -0.2) is 0 Å². The van der Waals surface area contributed by atoms with E-state index in [1.165, 1.54) is 17.3 Å². The Morgan fingerprint density at radius 2 is 1.69 bits per heavy atom. The molecule has 0 saturated carbocycles. The minimum Gasteiger partial charge on any atom is -0.325 e. The third-order valence-electron chi connectivity index (χ3n) is 3.91. The van der Waals surface area contributed by atoms with Crippen LogP contribution in [0.2, 0.25) is 0 Å². The van der Waals surface area contributed by atoms with Crippen LogP contribution in [-0.4, -0.2) is 26.8 Å². The van der Waals surface area contributed by atoms with Crippen LogP contribution in [-0.2, 0) is 4.79 Å². The molecule has 0 aliphatic carbocycles. The van der Waals surface area contributed by atoms with Crippen LogP contribution in [0, 0.1) is 20.8 Å². The molecule has 0 saturated heterocycles. The number of thioether (sulfide) groups is 1. The standard InChI is InChI=1S/C20H20N4OS/c1-13-10-14(2)20(15(3)11-13)22-18(25)12-26-19-5-4-17(23-24-19)16-6-8-21-9-7-16/h4-11H,12H2,1-3H3,(H,22,25). The van der Waals surface area contributed by atoms with Gasteiger partial charge in [-0.3, -0.25) is 9.78 Å². The maximum absolute atomic E-state index is 12.3. The van der Waals surface area contributed by atoms with E-state index < -0.39 is 0 Å². The number of benzene rings is 1. The molecular weight excluding hydrogens is 344 g/mol. The zero-order valence-electron chi connectivity index (χ0n) is 15.0. The van der Waals surface area contributed by atoms with Crippen molar-refractivity contribution in [3.8, 4) is 11.3 Å². The molecule has 3 rings (SSSR count). The Hall–Kier alpha value is -2.73. The summed E-state index contributed by atoms with van der Waals surface area (Å²) < 4.78 is 0. The fraction of sp³-hybridized carbons (Fsp3) is 0.200. The number of anilines is 1. The number of carbonyl (C=O) groups is 1. The summed E-state index contributed by atoms with van der Waals surface area (Å²) in [7, 11) is 0. The number of hydrogen-bond acceptors (Lipinski definition) is 5. The van der Waals surface area contributed by atoms with Crippen molar-refractivity contribution >= 4 is 23.4 Å². The maximum Gasteiger partial charge on any atom is 0.234 e. The predicted molar refractivity (Wildman–Crippen MR) is 105 cm³/mol. The second kappa shape index (κ2) is 8.10. The lowest BCUT2D eigenvalue weighted by Crippen LogP contribution is -2.16. The van der Waals surface area contributed by atoms with Gasteiger partial charge in [-0.2, -0.15) is 0 Å². The normalized spacial score (nSPS) is 10.6. The number of nitrogens with one attached hydrogen (secondary N) is 1. The Labute approximate surface area is 157 Å². The molecule has 1 amide bonds. The average molecular weight is 364 g/mol. The number of amides is 1. The van der Waals surface area contributed by atoms with E-state index in [4.69, 9.17) is 0 Å². The highest BCUT2D eigenvalue weighted by Crippen LogP contribution is 2.23. The summed E-state index contributed by atoms with van der Waals surface area (Å²) in [5.41, 5.74) is 5.97. The molecule has 0 aliphatic heterocycles. The van der Waals surface area contributed by atoms with Crippen molar-refractivity contribution in [3.63, 3.8) is 0 Å². The Kier molecular flexibility index (Phi) is 5.63.